The van der Waals surface area contributed by atoms with Gasteiger partial charge in [-0.3, -0.25) is 24.2 Å². The van der Waals surface area contributed by atoms with E-state index >= 15 is 0 Å². The number of primary amides is 2. The van der Waals surface area contributed by atoms with Gasteiger partial charge in [-0.15, -0.1) is 22.7 Å². The molecule has 0 aromatic carbocycles. The van der Waals surface area contributed by atoms with E-state index in [1.54, 1.807) is 0 Å². The molecule has 0 atom stereocenters. The van der Waals surface area contributed by atoms with Crippen LogP contribution >= 0.6 is 22.7 Å². The molecule has 0 spiro atoms. The van der Waals surface area contributed by atoms with Crippen molar-refractivity contribution in [3.8, 4) is 0 Å². The van der Waals surface area contributed by atoms with E-state index < -0.39 is 23.6 Å². The molecule has 0 aliphatic heterocycles. The first-order valence-electron chi connectivity index (χ1n) is 13.8. The fourth-order valence-electron chi connectivity index (χ4n) is 5.54. The summed E-state index contributed by atoms with van der Waals surface area (Å²) in [5.41, 5.74) is 14.5. The normalized spacial score (nSPS) is 15.4. The van der Waals surface area contributed by atoms with Crippen LogP contribution < -0.4 is 22.1 Å². The van der Waals surface area contributed by atoms with Gasteiger partial charge in [0, 0.05) is 16.0 Å². The van der Waals surface area contributed by atoms with E-state index in [0.29, 0.717) is 21.1 Å². The number of fused-ring (bicyclic) bond motifs is 2. The number of amides is 4. The number of rotatable bonds is 6. The smallest absolute Gasteiger partial charge is 0.274 e. The number of nitrogens with two attached hydrogens (primary N) is 2. The number of aryl methyl sites for hydroxylation is 2. The molecule has 210 valence electrons. The number of hydrogen-bond acceptors (Lipinski definition) is 7. The largest absolute Gasteiger partial charge is 0.365 e. The van der Waals surface area contributed by atoms with Gasteiger partial charge in [-0.25, -0.2) is 0 Å². The zero-order valence-electron chi connectivity index (χ0n) is 22.3. The van der Waals surface area contributed by atoms with Gasteiger partial charge < -0.3 is 22.1 Å². The molecule has 5 rings (SSSR count). The minimum atomic E-state index is -0.551. The topological polar surface area (TPSA) is 157 Å². The summed E-state index contributed by atoms with van der Waals surface area (Å²) in [5, 5.41) is 6.56. The van der Waals surface area contributed by atoms with Crippen LogP contribution in [0.2, 0.25) is 0 Å². The van der Waals surface area contributed by atoms with Gasteiger partial charge >= 0.3 is 0 Å². The standard InChI is InChI=1S/C29H33N5O4S2/c30-24(35)22-17-9-5-1-3-7-11-20(17)39-28(22)33-26(37)16-13-14-19(32-15-16)27(38)34-29-23(25(31)36)18-10-6-2-4-8-12-21(18)40-29/h13-15H,1-12H2,(H2,30,35)(H2,31,36)(H,33,37)(H,34,38). The van der Waals surface area contributed by atoms with Gasteiger partial charge in [0.2, 0.25) is 0 Å². The number of nitrogens with zero attached hydrogens (tertiary/aromatic N) is 1. The number of aromatic nitrogens is 1. The van der Waals surface area contributed by atoms with Crippen molar-refractivity contribution in [2.24, 2.45) is 11.5 Å². The summed E-state index contributed by atoms with van der Waals surface area (Å²) in [6.45, 7) is 0. The lowest BCUT2D eigenvalue weighted by Gasteiger charge is -2.10. The van der Waals surface area contributed by atoms with Crippen molar-refractivity contribution in [1.82, 2.24) is 4.98 Å². The molecule has 3 aromatic rings. The molecule has 0 saturated heterocycles. The van der Waals surface area contributed by atoms with Crippen LogP contribution in [-0.2, 0) is 25.7 Å². The number of anilines is 2. The highest BCUT2D eigenvalue weighted by Crippen LogP contribution is 2.38. The van der Waals surface area contributed by atoms with Gasteiger partial charge in [0.05, 0.1) is 16.7 Å². The molecule has 0 radical (unpaired) electrons. The van der Waals surface area contributed by atoms with Crippen molar-refractivity contribution in [1.29, 1.82) is 0 Å². The van der Waals surface area contributed by atoms with Gasteiger partial charge in [-0.05, 0) is 74.6 Å². The third-order valence-corrected chi connectivity index (χ3v) is 9.96. The summed E-state index contributed by atoms with van der Waals surface area (Å²) in [5.74, 6) is -2.02. The average Bonchev–Trinajstić information content (AvgIpc) is 3.40. The van der Waals surface area contributed by atoms with Crippen LogP contribution in [0.4, 0.5) is 10.0 Å². The molecule has 2 aliphatic carbocycles. The van der Waals surface area contributed by atoms with Crippen molar-refractivity contribution < 1.29 is 19.2 Å². The first kappa shape index (κ1) is 28.0. The third kappa shape index (κ3) is 5.95. The lowest BCUT2D eigenvalue weighted by atomic mass is 9.96. The molecule has 0 saturated carbocycles. The van der Waals surface area contributed by atoms with Gasteiger partial charge in [0.25, 0.3) is 23.6 Å². The molecule has 11 heteroatoms. The molecule has 3 heterocycles. The predicted octanol–water partition coefficient (Wildman–Crippen LogP) is 5.23. The van der Waals surface area contributed by atoms with Crippen LogP contribution in [0.25, 0.3) is 0 Å². The number of nitrogens with one attached hydrogen (secondary N) is 2. The van der Waals surface area contributed by atoms with Crippen LogP contribution in [0.5, 0.6) is 0 Å². The van der Waals surface area contributed by atoms with Crippen LogP contribution in [0, 0.1) is 0 Å². The molecule has 9 nitrogen and oxygen atoms in total. The van der Waals surface area contributed by atoms with Crippen molar-refractivity contribution >= 4 is 56.3 Å². The number of thiophene rings is 2. The fourth-order valence-corrected chi connectivity index (χ4v) is 8.12. The molecule has 2 aliphatic rings. The molecule has 3 aromatic heterocycles. The lowest BCUT2D eigenvalue weighted by molar-refractivity contribution is 0.0989. The molecule has 6 N–H and O–H groups in total. The van der Waals surface area contributed by atoms with E-state index in [4.69, 9.17) is 11.5 Å². The van der Waals surface area contributed by atoms with E-state index in [1.807, 2.05) is 0 Å². The second-order valence-electron chi connectivity index (χ2n) is 10.3. The minimum Gasteiger partial charge on any atom is -0.365 e. The van der Waals surface area contributed by atoms with Crippen LogP contribution in [0.15, 0.2) is 18.3 Å². The van der Waals surface area contributed by atoms with Gasteiger partial charge in [-0.1, -0.05) is 25.7 Å². The maximum absolute atomic E-state index is 13.1. The Morgan fingerprint density at radius 1 is 0.650 bits per heavy atom. The van der Waals surface area contributed by atoms with E-state index in [-0.39, 0.29) is 11.3 Å². The molecule has 0 bridgehead atoms. The number of carbonyl (C=O) groups is 4. The number of hydrogen-bond donors (Lipinski definition) is 4. The average molecular weight is 580 g/mol. The highest BCUT2D eigenvalue weighted by Gasteiger charge is 2.26. The molecular formula is C29H33N5O4S2. The Kier molecular flexibility index (Phi) is 8.60. The van der Waals surface area contributed by atoms with Gasteiger partial charge in [0.1, 0.15) is 15.7 Å². The summed E-state index contributed by atoms with van der Waals surface area (Å²) in [6.07, 6.45) is 13.2. The summed E-state index contributed by atoms with van der Waals surface area (Å²) < 4.78 is 0. The summed E-state index contributed by atoms with van der Waals surface area (Å²) in [7, 11) is 0. The quantitative estimate of drug-likeness (QED) is 0.315. The Bertz CT molecular complexity index is 1350. The predicted molar refractivity (Wildman–Crippen MR) is 158 cm³/mol. The van der Waals surface area contributed by atoms with Gasteiger partial charge in [-0.2, -0.15) is 0 Å². The van der Waals surface area contributed by atoms with Crippen molar-refractivity contribution in [3.63, 3.8) is 0 Å². The summed E-state index contributed by atoms with van der Waals surface area (Å²) in [4.78, 5) is 57.1. The number of carbonyl (C=O) groups excluding carboxylic acids is 4. The first-order valence-corrected chi connectivity index (χ1v) is 15.4. The van der Waals surface area contributed by atoms with Crippen molar-refractivity contribution in [3.05, 3.63) is 61.6 Å². The number of pyridine rings is 1. The van der Waals surface area contributed by atoms with Crippen LogP contribution in [0.1, 0.15) is 114 Å². The molecule has 40 heavy (non-hydrogen) atoms. The molecule has 0 fully saturated rings. The second-order valence-corrected chi connectivity index (χ2v) is 12.5. The SMILES string of the molecule is NC(=O)c1c(NC(=O)c2ccc(C(=O)Nc3sc4c(c3C(N)=O)CCCCCC4)nc2)sc2c1CCCCCC2. The van der Waals surface area contributed by atoms with E-state index in [2.05, 4.69) is 15.6 Å². The first-order chi connectivity index (χ1) is 19.3. The van der Waals surface area contributed by atoms with Gasteiger partial charge in [0.15, 0.2) is 0 Å². The Balaban J connectivity index is 1.32. The highest BCUT2D eigenvalue weighted by molar-refractivity contribution is 7.17. The van der Waals surface area contributed by atoms with Crippen molar-refractivity contribution in [2.75, 3.05) is 10.6 Å². The zero-order valence-corrected chi connectivity index (χ0v) is 23.9. The summed E-state index contributed by atoms with van der Waals surface area (Å²) >= 11 is 2.81. The minimum absolute atomic E-state index is 0.102. The Morgan fingerprint density at radius 3 is 1.57 bits per heavy atom. The van der Waals surface area contributed by atoms with E-state index in [9.17, 15) is 19.2 Å². The fraction of sp³-hybridized carbons (Fsp3) is 0.414. The highest BCUT2D eigenvalue weighted by atomic mass is 32.1. The summed E-state index contributed by atoms with van der Waals surface area (Å²) in [6, 6.07) is 2.97. The van der Waals surface area contributed by atoms with Crippen LogP contribution in [-0.4, -0.2) is 28.6 Å². The monoisotopic (exact) mass is 579 g/mol. The Hall–Kier alpha value is -3.57. The van der Waals surface area contributed by atoms with Crippen LogP contribution in [0.3, 0.4) is 0 Å². The van der Waals surface area contributed by atoms with Crippen molar-refractivity contribution in [2.45, 2.75) is 77.0 Å². The zero-order chi connectivity index (χ0) is 28.2. The molecule has 0 unspecified atom stereocenters. The van der Waals surface area contributed by atoms with E-state index in [1.165, 1.54) is 41.0 Å². The Labute approximate surface area is 240 Å². The molecule has 4 amide bonds. The van der Waals surface area contributed by atoms with E-state index in [0.717, 1.165) is 97.9 Å². The Morgan fingerprint density at radius 2 is 1.12 bits per heavy atom. The lowest BCUT2D eigenvalue weighted by Crippen LogP contribution is -2.20. The maximum atomic E-state index is 13.1. The maximum Gasteiger partial charge on any atom is 0.274 e. The third-order valence-electron chi connectivity index (χ3n) is 7.55. The second kappa shape index (κ2) is 12.3. The molecular weight excluding hydrogens is 546 g/mol.